The Kier molecular flexibility index (Phi) is 3.24. The van der Waals surface area contributed by atoms with E-state index in [2.05, 4.69) is 0 Å². The molecule has 0 spiro atoms. The highest BCUT2D eigenvalue weighted by atomic mass is 16.7. The van der Waals surface area contributed by atoms with Crippen LogP contribution in [0, 0.1) is 11.3 Å². The number of carbonyl (C=O) groups is 1. The van der Waals surface area contributed by atoms with Crippen molar-refractivity contribution in [2.45, 2.75) is 6.42 Å². The second-order valence-corrected chi connectivity index (χ2v) is 3.93. The molecule has 0 unspecified atom stereocenters. The van der Waals surface area contributed by atoms with Gasteiger partial charge in [0.05, 0.1) is 18.1 Å². The Bertz CT molecular complexity index is 522. The molecule has 6 nitrogen and oxygen atoms in total. The Morgan fingerprint density at radius 3 is 2.83 bits per heavy atom. The number of fused-ring (bicyclic) bond motifs is 1. The summed E-state index contributed by atoms with van der Waals surface area (Å²) in [6.07, 6.45) is 0.284. The van der Waals surface area contributed by atoms with E-state index in [0.717, 1.165) is 0 Å². The molecule has 1 aliphatic heterocycles. The van der Waals surface area contributed by atoms with Crippen molar-refractivity contribution < 1.29 is 14.3 Å². The maximum absolute atomic E-state index is 12.1. The summed E-state index contributed by atoms with van der Waals surface area (Å²) >= 11 is 0. The van der Waals surface area contributed by atoms with Crippen LogP contribution >= 0.6 is 0 Å². The van der Waals surface area contributed by atoms with E-state index in [-0.39, 0.29) is 19.1 Å². The fraction of sp³-hybridized carbons (Fsp3) is 0.333. The average molecular weight is 247 g/mol. The third-order valence-corrected chi connectivity index (χ3v) is 2.68. The molecule has 2 N–H and O–H groups in total. The normalized spacial score (nSPS) is 12.0. The summed E-state index contributed by atoms with van der Waals surface area (Å²) in [5.74, 6) is 0.825. The minimum Gasteiger partial charge on any atom is -0.454 e. The van der Waals surface area contributed by atoms with Crippen molar-refractivity contribution in [2.24, 2.45) is 0 Å². The van der Waals surface area contributed by atoms with Gasteiger partial charge in [-0.3, -0.25) is 4.79 Å². The van der Waals surface area contributed by atoms with Crippen molar-refractivity contribution >= 4 is 11.6 Å². The van der Waals surface area contributed by atoms with Crippen LogP contribution < -0.4 is 15.2 Å². The fourth-order valence-electron chi connectivity index (χ4n) is 1.67. The molecule has 0 aromatic heterocycles. The van der Waals surface area contributed by atoms with Gasteiger partial charge in [-0.25, -0.2) is 0 Å². The lowest BCUT2D eigenvalue weighted by atomic mass is 10.1. The zero-order valence-corrected chi connectivity index (χ0v) is 9.97. The van der Waals surface area contributed by atoms with Crippen molar-refractivity contribution in [1.82, 2.24) is 4.90 Å². The van der Waals surface area contributed by atoms with Crippen LogP contribution in [0.3, 0.4) is 0 Å². The highest BCUT2D eigenvalue weighted by Gasteiger charge is 2.21. The Hall–Kier alpha value is -2.42. The molecule has 2 rings (SSSR count). The molecular formula is C12H13N3O3. The van der Waals surface area contributed by atoms with Gasteiger partial charge in [0.15, 0.2) is 11.5 Å². The number of ether oxygens (including phenoxy) is 2. The molecule has 0 radical (unpaired) electrons. The van der Waals surface area contributed by atoms with Crippen LogP contribution in [0.25, 0.3) is 0 Å². The molecule has 0 fully saturated rings. The fourth-order valence-corrected chi connectivity index (χ4v) is 1.67. The molecule has 1 heterocycles. The summed E-state index contributed by atoms with van der Waals surface area (Å²) in [4.78, 5) is 13.6. The van der Waals surface area contributed by atoms with Crippen molar-refractivity contribution in [3.05, 3.63) is 17.7 Å². The maximum Gasteiger partial charge on any atom is 0.255 e. The monoisotopic (exact) mass is 247 g/mol. The van der Waals surface area contributed by atoms with Crippen LogP contribution in [0.5, 0.6) is 11.5 Å². The number of nitrogens with zero attached hydrogens (tertiary/aromatic N) is 2. The third-order valence-electron chi connectivity index (χ3n) is 2.68. The molecular weight excluding hydrogens is 234 g/mol. The Balaban J connectivity index is 2.23. The SMILES string of the molecule is CN(CCC#N)C(=O)c1cc2c(cc1N)OCO2. The number of carbonyl (C=O) groups excluding carboxylic acids is 1. The minimum atomic E-state index is -0.235. The zero-order valence-electron chi connectivity index (χ0n) is 9.97. The average Bonchev–Trinajstić information content (AvgIpc) is 2.81. The molecule has 1 aliphatic rings. The second kappa shape index (κ2) is 4.84. The van der Waals surface area contributed by atoms with Crippen LogP contribution in [-0.2, 0) is 0 Å². The third kappa shape index (κ3) is 2.15. The van der Waals surface area contributed by atoms with Gasteiger partial charge >= 0.3 is 0 Å². The first kappa shape index (κ1) is 12.0. The van der Waals surface area contributed by atoms with Crippen LogP contribution in [-0.4, -0.2) is 31.2 Å². The van der Waals surface area contributed by atoms with Crippen LogP contribution in [0.2, 0.25) is 0 Å². The number of amides is 1. The van der Waals surface area contributed by atoms with E-state index < -0.39 is 0 Å². The number of rotatable bonds is 3. The highest BCUT2D eigenvalue weighted by Crippen LogP contribution is 2.36. The lowest BCUT2D eigenvalue weighted by molar-refractivity contribution is 0.0798. The lowest BCUT2D eigenvalue weighted by Crippen LogP contribution is -2.28. The van der Waals surface area contributed by atoms with E-state index >= 15 is 0 Å². The maximum atomic E-state index is 12.1. The Morgan fingerprint density at radius 2 is 2.17 bits per heavy atom. The van der Waals surface area contributed by atoms with Gasteiger partial charge in [-0.15, -0.1) is 0 Å². The molecule has 0 atom stereocenters. The molecule has 18 heavy (non-hydrogen) atoms. The number of anilines is 1. The smallest absolute Gasteiger partial charge is 0.255 e. The van der Waals surface area contributed by atoms with Crippen molar-refractivity contribution in [3.8, 4) is 17.6 Å². The first-order chi connectivity index (χ1) is 8.63. The number of nitrogen functional groups attached to an aromatic ring is 1. The Labute approximate surface area is 104 Å². The summed E-state index contributed by atoms with van der Waals surface area (Å²) in [5.41, 5.74) is 6.51. The molecule has 0 aliphatic carbocycles. The molecule has 1 aromatic rings. The molecule has 1 amide bonds. The summed E-state index contributed by atoms with van der Waals surface area (Å²) < 4.78 is 10.4. The number of benzene rings is 1. The molecule has 0 saturated heterocycles. The molecule has 94 valence electrons. The minimum absolute atomic E-state index is 0.136. The first-order valence-corrected chi connectivity index (χ1v) is 5.45. The summed E-state index contributed by atoms with van der Waals surface area (Å²) in [6.45, 7) is 0.500. The Morgan fingerprint density at radius 1 is 1.50 bits per heavy atom. The summed E-state index contributed by atoms with van der Waals surface area (Å²) in [7, 11) is 1.63. The van der Waals surface area contributed by atoms with Gasteiger partial charge < -0.3 is 20.1 Å². The van der Waals surface area contributed by atoms with Crippen molar-refractivity contribution in [3.63, 3.8) is 0 Å². The van der Waals surface area contributed by atoms with E-state index in [1.807, 2.05) is 6.07 Å². The number of nitriles is 1. The van der Waals surface area contributed by atoms with Crippen molar-refractivity contribution in [1.29, 1.82) is 5.26 Å². The number of hydrogen-bond donors (Lipinski definition) is 1. The standard InChI is InChI=1S/C12H13N3O3/c1-15(4-2-3-13)12(16)8-5-10-11(6-9(8)14)18-7-17-10/h5-6H,2,4,7,14H2,1H3. The van der Waals surface area contributed by atoms with Gasteiger partial charge in [-0.1, -0.05) is 0 Å². The zero-order chi connectivity index (χ0) is 13.1. The van der Waals surface area contributed by atoms with Gasteiger partial charge in [-0.2, -0.15) is 5.26 Å². The van der Waals surface area contributed by atoms with Crippen LogP contribution in [0.15, 0.2) is 12.1 Å². The van der Waals surface area contributed by atoms with Gasteiger partial charge in [0.1, 0.15) is 0 Å². The van der Waals surface area contributed by atoms with Gasteiger partial charge in [0.25, 0.3) is 5.91 Å². The lowest BCUT2D eigenvalue weighted by Gasteiger charge is -2.16. The van der Waals surface area contributed by atoms with E-state index in [1.165, 1.54) is 4.90 Å². The summed E-state index contributed by atoms with van der Waals surface area (Å²) in [5, 5.41) is 8.50. The highest BCUT2D eigenvalue weighted by molar-refractivity contribution is 6.00. The molecule has 6 heteroatoms. The van der Waals surface area contributed by atoms with Crippen molar-refractivity contribution in [2.75, 3.05) is 26.1 Å². The van der Waals surface area contributed by atoms with Crippen LogP contribution in [0.1, 0.15) is 16.8 Å². The quantitative estimate of drug-likeness (QED) is 0.804. The molecule has 0 saturated carbocycles. The molecule has 0 bridgehead atoms. The second-order valence-electron chi connectivity index (χ2n) is 3.93. The van der Waals surface area contributed by atoms with Crippen LogP contribution in [0.4, 0.5) is 5.69 Å². The number of hydrogen-bond acceptors (Lipinski definition) is 5. The largest absolute Gasteiger partial charge is 0.454 e. The topological polar surface area (TPSA) is 88.6 Å². The predicted octanol–water partition coefficient (Wildman–Crippen LogP) is 0.983. The molecule has 1 aromatic carbocycles. The van der Waals surface area contributed by atoms with Gasteiger partial charge in [0, 0.05) is 25.3 Å². The van der Waals surface area contributed by atoms with Gasteiger partial charge in [0.2, 0.25) is 6.79 Å². The first-order valence-electron chi connectivity index (χ1n) is 5.45. The summed E-state index contributed by atoms with van der Waals surface area (Å²) in [6, 6.07) is 5.14. The van der Waals surface area contributed by atoms with E-state index in [0.29, 0.717) is 29.3 Å². The van der Waals surface area contributed by atoms with Gasteiger partial charge in [-0.05, 0) is 6.07 Å². The van der Waals surface area contributed by atoms with E-state index in [9.17, 15) is 4.79 Å². The van der Waals surface area contributed by atoms with E-state index in [1.54, 1.807) is 19.2 Å². The number of nitrogens with two attached hydrogens (primary N) is 1. The van der Waals surface area contributed by atoms with E-state index in [4.69, 9.17) is 20.5 Å². The predicted molar refractivity (Wildman–Crippen MR) is 64.2 cm³/mol.